The van der Waals surface area contributed by atoms with Gasteiger partial charge in [-0.15, -0.1) is 11.3 Å². The summed E-state index contributed by atoms with van der Waals surface area (Å²) in [5, 5.41) is 21.6. The van der Waals surface area contributed by atoms with Crippen molar-refractivity contribution in [1.82, 2.24) is 0 Å². The fourth-order valence-electron chi connectivity index (χ4n) is 1.65. The van der Waals surface area contributed by atoms with Crippen molar-refractivity contribution in [3.63, 3.8) is 0 Å². The van der Waals surface area contributed by atoms with E-state index in [-0.39, 0.29) is 11.3 Å². The summed E-state index contributed by atoms with van der Waals surface area (Å²) in [6, 6.07) is 10.8. The van der Waals surface area contributed by atoms with Crippen molar-refractivity contribution in [2.45, 2.75) is 5.92 Å². The molecule has 0 fully saturated rings. The van der Waals surface area contributed by atoms with Crippen LogP contribution in [-0.2, 0) is 0 Å². The van der Waals surface area contributed by atoms with E-state index in [4.69, 9.17) is 5.26 Å². The lowest BCUT2D eigenvalue weighted by Crippen LogP contribution is -2.10. The molecule has 2 aromatic rings. The number of hydrogen-bond donors (Lipinski definition) is 0. The smallest absolute Gasteiger partial charge is 0.270 e. The van der Waals surface area contributed by atoms with E-state index in [9.17, 15) is 14.9 Å². The molecule has 1 aromatic carbocycles. The monoisotopic (exact) mass is 272 g/mol. The Morgan fingerprint density at radius 2 is 2.16 bits per heavy atom. The lowest BCUT2D eigenvalue weighted by atomic mass is 9.97. The SMILES string of the molecule is N#CC(C(=O)c1cccc([N+](=O)[O-])c1)c1cccs1. The molecule has 0 bridgehead atoms. The molecule has 0 aliphatic carbocycles. The molecule has 19 heavy (non-hydrogen) atoms. The number of hydrogen-bond acceptors (Lipinski definition) is 5. The molecule has 0 N–H and O–H groups in total. The van der Waals surface area contributed by atoms with E-state index in [2.05, 4.69) is 0 Å². The Bertz CT molecular complexity index is 659. The summed E-state index contributed by atoms with van der Waals surface area (Å²) in [7, 11) is 0. The molecule has 0 aliphatic rings. The standard InChI is InChI=1S/C13H8N2O3S/c14-8-11(12-5-2-6-19-12)13(16)9-3-1-4-10(7-9)15(17)18/h1-7,11H. The maximum absolute atomic E-state index is 12.2. The van der Waals surface area contributed by atoms with E-state index in [0.717, 1.165) is 0 Å². The summed E-state index contributed by atoms with van der Waals surface area (Å²) in [6.07, 6.45) is 0. The second-order valence-electron chi connectivity index (χ2n) is 3.75. The minimum atomic E-state index is -0.915. The van der Waals surface area contributed by atoms with Gasteiger partial charge in [0, 0.05) is 22.6 Å². The van der Waals surface area contributed by atoms with Crippen molar-refractivity contribution >= 4 is 22.8 Å². The highest BCUT2D eigenvalue weighted by atomic mass is 32.1. The van der Waals surface area contributed by atoms with Gasteiger partial charge in [-0.2, -0.15) is 5.26 Å². The molecular formula is C13H8N2O3S. The number of carbonyl (C=O) groups is 1. The van der Waals surface area contributed by atoms with Gasteiger partial charge in [-0.05, 0) is 11.4 Å². The third-order valence-corrected chi connectivity index (χ3v) is 3.50. The van der Waals surface area contributed by atoms with Crippen LogP contribution in [0.15, 0.2) is 41.8 Å². The van der Waals surface area contributed by atoms with Gasteiger partial charge >= 0.3 is 0 Å². The number of nitrogens with zero attached hydrogens (tertiary/aromatic N) is 2. The van der Waals surface area contributed by atoms with Crippen LogP contribution in [-0.4, -0.2) is 10.7 Å². The molecule has 94 valence electrons. The number of nitro groups is 1. The maximum atomic E-state index is 12.2. The van der Waals surface area contributed by atoms with E-state index in [1.165, 1.54) is 35.6 Å². The Labute approximate surface area is 112 Å². The van der Waals surface area contributed by atoms with E-state index >= 15 is 0 Å². The van der Waals surface area contributed by atoms with Crippen LogP contribution in [0.2, 0.25) is 0 Å². The van der Waals surface area contributed by atoms with Gasteiger partial charge < -0.3 is 0 Å². The Morgan fingerprint density at radius 1 is 1.37 bits per heavy atom. The quantitative estimate of drug-likeness (QED) is 0.486. The van der Waals surface area contributed by atoms with Gasteiger partial charge in [-0.1, -0.05) is 18.2 Å². The summed E-state index contributed by atoms with van der Waals surface area (Å²) >= 11 is 1.31. The van der Waals surface area contributed by atoms with Crippen LogP contribution in [0.4, 0.5) is 5.69 Å². The highest BCUT2D eigenvalue weighted by Crippen LogP contribution is 2.25. The van der Waals surface area contributed by atoms with Crippen molar-refractivity contribution in [3.8, 4) is 6.07 Å². The molecule has 6 heteroatoms. The zero-order chi connectivity index (χ0) is 13.8. The predicted octanol–water partition coefficient (Wildman–Crippen LogP) is 3.15. The van der Waals surface area contributed by atoms with Crippen LogP contribution >= 0.6 is 11.3 Å². The highest BCUT2D eigenvalue weighted by molar-refractivity contribution is 7.10. The van der Waals surface area contributed by atoms with Gasteiger partial charge in [-0.3, -0.25) is 14.9 Å². The van der Waals surface area contributed by atoms with Crippen molar-refractivity contribution in [2.75, 3.05) is 0 Å². The summed E-state index contributed by atoms with van der Waals surface area (Å²) in [5.74, 6) is -1.34. The average molecular weight is 272 g/mol. The molecule has 0 aliphatic heterocycles. The fraction of sp³-hybridized carbons (Fsp3) is 0.0769. The van der Waals surface area contributed by atoms with E-state index in [1.807, 2.05) is 6.07 Å². The molecule has 1 atom stereocenters. The third-order valence-electron chi connectivity index (χ3n) is 2.56. The molecule has 1 heterocycles. The second kappa shape index (κ2) is 5.42. The Balaban J connectivity index is 2.36. The van der Waals surface area contributed by atoms with Crippen LogP contribution in [0.1, 0.15) is 21.2 Å². The summed E-state index contributed by atoms with van der Waals surface area (Å²) < 4.78 is 0. The first-order valence-corrected chi connectivity index (χ1v) is 6.23. The van der Waals surface area contributed by atoms with E-state index < -0.39 is 16.6 Å². The minimum absolute atomic E-state index is 0.159. The van der Waals surface area contributed by atoms with Gasteiger partial charge in [0.25, 0.3) is 5.69 Å². The van der Waals surface area contributed by atoms with Crippen LogP contribution in [0, 0.1) is 21.4 Å². The lowest BCUT2D eigenvalue weighted by molar-refractivity contribution is -0.384. The number of rotatable bonds is 4. The Morgan fingerprint density at radius 3 is 2.74 bits per heavy atom. The Kier molecular flexibility index (Phi) is 3.68. The molecule has 1 aromatic heterocycles. The average Bonchev–Trinajstić information content (AvgIpc) is 2.93. The summed E-state index contributed by atoms with van der Waals surface area (Å²) in [6.45, 7) is 0. The van der Waals surface area contributed by atoms with Crippen LogP contribution < -0.4 is 0 Å². The molecular weight excluding hydrogens is 264 g/mol. The molecule has 0 amide bonds. The zero-order valence-electron chi connectivity index (χ0n) is 9.65. The van der Waals surface area contributed by atoms with Crippen molar-refractivity contribution in [2.24, 2.45) is 0 Å². The number of carbonyl (C=O) groups excluding carboxylic acids is 1. The zero-order valence-corrected chi connectivity index (χ0v) is 10.5. The lowest BCUT2D eigenvalue weighted by Gasteiger charge is -2.05. The number of ketones is 1. The number of nitriles is 1. The Hall–Kier alpha value is -2.52. The van der Waals surface area contributed by atoms with Crippen molar-refractivity contribution < 1.29 is 9.72 Å². The number of thiophene rings is 1. The van der Waals surface area contributed by atoms with Gasteiger partial charge in [-0.25, -0.2) is 0 Å². The third kappa shape index (κ3) is 2.67. The van der Waals surface area contributed by atoms with E-state index in [0.29, 0.717) is 4.88 Å². The van der Waals surface area contributed by atoms with Crippen LogP contribution in [0.3, 0.4) is 0 Å². The molecule has 0 radical (unpaired) electrons. The molecule has 0 saturated heterocycles. The molecule has 0 saturated carbocycles. The number of Topliss-reactive ketones (excluding diaryl/α,β-unsaturated/α-hetero) is 1. The topological polar surface area (TPSA) is 84.0 Å². The number of nitro benzene ring substituents is 1. The predicted molar refractivity (Wildman–Crippen MR) is 70.1 cm³/mol. The fourth-order valence-corrected chi connectivity index (χ4v) is 2.41. The van der Waals surface area contributed by atoms with Crippen LogP contribution in [0.25, 0.3) is 0 Å². The molecule has 0 spiro atoms. The molecule has 5 nitrogen and oxygen atoms in total. The van der Waals surface area contributed by atoms with Gasteiger partial charge in [0.2, 0.25) is 0 Å². The van der Waals surface area contributed by atoms with Crippen molar-refractivity contribution in [3.05, 3.63) is 62.3 Å². The first kappa shape index (κ1) is 12.9. The van der Waals surface area contributed by atoms with Crippen LogP contribution in [0.5, 0.6) is 0 Å². The molecule has 1 unspecified atom stereocenters. The normalized spacial score (nSPS) is 11.5. The second-order valence-corrected chi connectivity index (χ2v) is 4.73. The first-order valence-electron chi connectivity index (χ1n) is 5.35. The molecule has 2 rings (SSSR count). The summed E-state index contributed by atoms with van der Waals surface area (Å²) in [5.41, 5.74) is 0.0165. The number of benzene rings is 1. The number of non-ortho nitro benzene ring substituents is 1. The van der Waals surface area contributed by atoms with Gasteiger partial charge in [0.1, 0.15) is 5.92 Å². The minimum Gasteiger partial charge on any atom is -0.292 e. The van der Waals surface area contributed by atoms with E-state index in [1.54, 1.807) is 17.5 Å². The van der Waals surface area contributed by atoms with Gasteiger partial charge in [0.05, 0.1) is 11.0 Å². The summed E-state index contributed by atoms with van der Waals surface area (Å²) in [4.78, 5) is 23.0. The van der Waals surface area contributed by atoms with Gasteiger partial charge in [0.15, 0.2) is 5.78 Å². The largest absolute Gasteiger partial charge is 0.292 e. The maximum Gasteiger partial charge on any atom is 0.270 e. The van der Waals surface area contributed by atoms with Crippen molar-refractivity contribution in [1.29, 1.82) is 5.26 Å². The highest BCUT2D eigenvalue weighted by Gasteiger charge is 2.23. The first-order chi connectivity index (χ1) is 9.13.